The molecule has 33 heavy (non-hydrogen) atoms. The number of rotatable bonds is 2. The van der Waals surface area contributed by atoms with E-state index in [0.29, 0.717) is 6.07 Å². The van der Waals surface area contributed by atoms with Crippen LogP contribution in [0.1, 0.15) is 10.4 Å². The first-order valence-electron chi connectivity index (χ1n) is 8.98. The molecule has 7 N–H and O–H groups in total. The molecule has 12 heteroatoms. The van der Waals surface area contributed by atoms with Crippen molar-refractivity contribution in [2.24, 2.45) is 0 Å². The monoisotopic (exact) mass is 454 g/mol. The van der Waals surface area contributed by atoms with Crippen molar-refractivity contribution >= 4 is 38.7 Å². The van der Waals surface area contributed by atoms with E-state index in [2.05, 4.69) is 0 Å². The molecule has 0 bridgehead atoms. The standard InChI is InChI=1S/C21H10O12/c22-8-2-5(19(28)29)10(16(27)14(8)25)4-1-6-11-12-7(21(31)32-17(11)13(4)24)3-9(23)15(26)18(12)33-20(6)30/h1-3,22-27H,(H,28,29). The first kappa shape index (κ1) is 19.8. The highest BCUT2D eigenvalue weighted by atomic mass is 16.4. The van der Waals surface area contributed by atoms with Gasteiger partial charge in [0.05, 0.1) is 16.3 Å². The topological polar surface area (TPSA) is 219 Å². The lowest BCUT2D eigenvalue weighted by molar-refractivity contribution is 0.0696. The normalized spacial score (nSPS) is 11.6. The Morgan fingerprint density at radius 1 is 0.667 bits per heavy atom. The smallest absolute Gasteiger partial charge is 0.344 e. The van der Waals surface area contributed by atoms with Gasteiger partial charge < -0.3 is 44.6 Å². The molecule has 0 saturated carbocycles. The number of carboxylic acid groups (broad SMARTS) is 1. The lowest BCUT2D eigenvalue weighted by Gasteiger charge is -2.16. The highest BCUT2D eigenvalue weighted by Crippen LogP contribution is 2.50. The summed E-state index contributed by atoms with van der Waals surface area (Å²) in [5.41, 5.74) is -5.42. The van der Waals surface area contributed by atoms with Gasteiger partial charge in [0.15, 0.2) is 34.2 Å². The fourth-order valence-corrected chi connectivity index (χ4v) is 3.87. The molecule has 166 valence electrons. The van der Waals surface area contributed by atoms with Gasteiger partial charge in [-0.15, -0.1) is 0 Å². The molecule has 0 aliphatic carbocycles. The number of phenolic OH excluding ortho intramolecular Hbond substituents is 6. The summed E-state index contributed by atoms with van der Waals surface area (Å²) in [5, 5.41) is 69.3. The second-order valence-corrected chi connectivity index (χ2v) is 7.12. The maximum Gasteiger partial charge on any atom is 0.344 e. The van der Waals surface area contributed by atoms with E-state index >= 15 is 0 Å². The minimum atomic E-state index is -1.67. The molecule has 0 spiro atoms. The molecule has 2 heterocycles. The van der Waals surface area contributed by atoms with Crippen LogP contribution in [0.5, 0.6) is 34.5 Å². The van der Waals surface area contributed by atoms with E-state index in [1.165, 1.54) is 0 Å². The summed E-state index contributed by atoms with van der Waals surface area (Å²) in [6, 6.07) is 2.40. The lowest BCUT2D eigenvalue weighted by atomic mass is 9.93. The number of phenols is 6. The number of benzene rings is 3. The maximum absolute atomic E-state index is 12.7. The third-order valence-corrected chi connectivity index (χ3v) is 5.32. The van der Waals surface area contributed by atoms with Gasteiger partial charge in [-0.05, 0) is 18.2 Å². The minimum Gasteiger partial charge on any atom is -0.504 e. The molecule has 0 unspecified atom stereocenters. The third-order valence-electron chi connectivity index (χ3n) is 5.32. The van der Waals surface area contributed by atoms with E-state index in [9.17, 15) is 50.1 Å². The van der Waals surface area contributed by atoms with Crippen LogP contribution in [0.25, 0.3) is 43.8 Å². The summed E-state index contributed by atoms with van der Waals surface area (Å²) in [7, 11) is 0. The summed E-state index contributed by atoms with van der Waals surface area (Å²) in [6.45, 7) is 0. The quantitative estimate of drug-likeness (QED) is 0.116. The maximum atomic E-state index is 12.7. The van der Waals surface area contributed by atoms with Crippen LogP contribution in [-0.2, 0) is 0 Å². The van der Waals surface area contributed by atoms with Crippen LogP contribution in [0.3, 0.4) is 0 Å². The molecule has 5 rings (SSSR count). The van der Waals surface area contributed by atoms with Gasteiger partial charge in [-0.3, -0.25) is 0 Å². The number of aromatic hydroxyl groups is 6. The zero-order valence-corrected chi connectivity index (χ0v) is 15.9. The Bertz CT molecular complexity index is 1790. The Morgan fingerprint density at radius 3 is 1.76 bits per heavy atom. The first-order valence-corrected chi connectivity index (χ1v) is 8.98. The van der Waals surface area contributed by atoms with Gasteiger partial charge in [0, 0.05) is 21.9 Å². The molecular formula is C21H10O12. The Kier molecular flexibility index (Phi) is 3.72. The van der Waals surface area contributed by atoms with Crippen molar-refractivity contribution in [3.05, 3.63) is 44.6 Å². The van der Waals surface area contributed by atoms with Crippen molar-refractivity contribution in [3.8, 4) is 45.6 Å². The summed E-state index contributed by atoms with van der Waals surface area (Å²) < 4.78 is 10.2. The van der Waals surface area contributed by atoms with Gasteiger partial charge in [-0.2, -0.15) is 0 Å². The number of hydrogen-bond donors (Lipinski definition) is 7. The van der Waals surface area contributed by atoms with Crippen molar-refractivity contribution in [1.82, 2.24) is 0 Å². The number of carboxylic acids is 1. The van der Waals surface area contributed by atoms with Crippen LogP contribution in [-0.4, -0.2) is 41.7 Å². The second-order valence-electron chi connectivity index (χ2n) is 7.12. The Hall–Kier alpha value is -5.13. The van der Waals surface area contributed by atoms with Crippen LogP contribution in [0.4, 0.5) is 0 Å². The predicted molar refractivity (Wildman–Crippen MR) is 110 cm³/mol. The molecular weight excluding hydrogens is 444 g/mol. The number of carbonyl (C=O) groups is 1. The van der Waals surface area contributed by atoms with E-state index in [-0.39, 0.29) is 21.5 Å². The summed E-state index contributed by atoms with van der Waals surface area (Å²) in [6.07, 6.45) is 0. The molecule has 3 aromatic carbocycles. The van der Waals surface area contributed by atoms with Gasteiger partial charge in [-0.1, -0.05) is 0 Å². The molecule has 0 saturated heterocycles. The van der Waals surface area contributed by atoms with Gasteiger partial charge in [0.25, 0.3) is 0 Å². The summed E-state index contributed by atoms with van der Waals surface area (Å²) >= 11 is 0. The number of aromatic carboxylic acids is 1. The van der Waals surface area contributed by atoms with Crippen molar-refractivity contribution < 1.29 is 49.4 Å². The predicted octanol–water partition coefficient (Wildman–Crippen LogP) is 2.09. The van der Waals surface area contributed by atoms with Crippen LogP contribution < -0.4 is 11.3 Å². The van der Waals surface area contributed by atoms with Gasteiger partial charge in [0.1, 0.15) is 0 Å². The van der Waals surface area contributed by atoms with E-state index < -0.39 is 79.6 Å². The van der Waals surface area contributed by atoms with Crippen LogP contribution in [0.2, 0.25) is 0 Å². The second kappa shape index (κ2) is 6.20. The van der Waals surface area contributed by atoms with Crippen LogP contribution >= 0.6 is 0 Å². The largest absolute Gasteiger partial charge is 0.504 e. The van der Waals surface area contributed by atoms with Crippen molar-refractivity contribution in [2.75, 3.05) is 0 Å². The van der Waals surface area contributed by atoms with E-state index in [1.807, 2.05) is 0 Å². The molecule has 5 aromatic rings. The third kappa shape index (κ3) is 2.42. The molecule has 2 aromatic heterocycles. The summed E-state index contributed by atoms with van der Waals surface area (Å²) in [5.74, 6) is -7.38. The zero-order chi connectivity index (χ0) is 23.9. The van der Waals surface area contributed by atoms with Gasteiger partial charge in [-0.25, -0.2) is 14.4 Å². The lowest BCUT2D eigenvalue weighted by Crippen LogP contribution is -2.08. The molecule has 0 atom stereocenters. The molecule has 0 aliphatic heterocycles. The van der Waals surface area contributed by atoms with Crippen molar-refractivity contribution in [2.45, 2.75) is 0 Å². The van der Waals surface area contributed by atoms with E-state index in [4.69, 9.17) is 8.83 Å². The highest BCUT2D eigenvalue weighted by Gasteiger charge is 2.29. The Labute approximate surface area is 179 Å². The van der Waals surface area contributed by atoms with Crippen LogP contribution in [0, 0.1) is 0 Å². The average Bonchev–Trinajstić information content (AvgIpc) is 2.76. The first-order chi connectivity index (χ1) is 15.5. The van der Waals surface area contributed by atoms with Gasteiger partial charge in [0.2, 0.25) is 11.5 Å². The van der Waals surface area contributed by atoms with Gasteiger partial charge >= 0.3 is 17.2 Å². The molecule has 0 amide bonds. The number of hydrogen-bond acceptors (Lipinski definition) is 11. The fraction of sp³-hybridized carbons (Fsp3) is 0. The summed E-state index contributed by atoms with van der Waals surface area (Å²) in [4.78, 5) is 36.9. The average molecular weight is 454 g/mol. The molecule has 0 fully saturated rings. The SMILES string of the molecule is O=C(O)c1cc(O)c(O)c(O)c1-c1cc2c(=O)oc3c(O)c(O)cc4c(=O)oc(c1O)c2c34. The van der Waals surface area contributed by atoms with Crippen molar-refractivity contribution in [3.63, 3.8) is 0 Å². The molecule has 12 nitrogen and oxygen atoms in total. The Morgan fingerprint density at radius 2 is 1.18 bits per heavy atom. The minimum absolute atomic E-state index is 0.163. The fourth-order valence-electron chi connectivity index (χ4n) is 3.87. The molecule has 0 radical (unpaired) electrons. The van der Waals surface area contributed by atoms with Crippen molar-refractivity contribution in [1.29, 1.82) is 0 Å². The zero-order valence-electron chi connectivity index (χ0n) is 15.9. The van der Waals surface area contributed by atoms with E-state index in [0.717, 1.165) is 12.1 Å². The molecule has 0 aliphatic rings. The Balaban J connectivity index is 2.07. The highest BCUT2D eigenvalue weighted by molar-refractivity contribution is 6.23. The van der Waals surface area contributed by atoms with Crippen LogP contribution in [0.15, 0.2) is 36.6 Å². The van der Waals surface area contributed by atoms with E-state index in [1.54, 1.807) is 0 Å².